The van der Waals surface area contributed by atoms with E-state index in [0.29, 0.717) is 0 Å². The molecule has 2 saturated heterocycles. The van der Waals surface area contributed by atoms with Crippen molar-refractivity contribution >= 4 is 5.96 Å². The van der Waals surface area contributed by atoms with Crippen LogP contribution in [0.2, 0.25) is 0 Å². The number of hydrogen-bond acceptors (Lipinski definition) is 4. The standard InChI is InChI=1S/C16H27N5O2/c1-17-16(18-6-3-8-21-9-4-7-19-21)20-10-12-23-15(13-20)14-5-2-11-22-14/h4,7,9,14-15H,2-3,5-6,8,10-13H2,1H3,(H,17,18). The van der Waals surface area contributed by atoms with Gasteiger partial charge in [-0.1, -0.05) is 0 Å². The zero-order chi connectivity index (χ0) is 15.9. The maximum absolute atomic E-state index is 5.90. The Kier molecular flexibility index (Phi) is 5.87. The Labute approximate surface area is 137 Å². The summed E-state index contributed by atoms with van der Waals surface area (Å²) in [6.45, 7) is 5.13. The molecule has 1 N–H and O–H groups in total. The summed E-state index contributed by atoms with van der Waals surface area (Å²) in [5.74, 6) is 0.955. The fourth-order valence-electron chi connectivity index (χ4n) is 3.19. The Morgan fingerprint density at radius 2 is 2.26 bits per heavy atom. The molecule has 23 heavy (non-hydrogen) atoms. The first-order valence-corrected chi connectivity index (χ1v) is 8.53. The number of morpholine rings is 1. The van der Waals surface area contributed by atoms with Crippen molar-refractivity contribution in [2.75, 3.05) is 39.9 Å². The minimum Gasteiger partial charge on any atom is -0.375 e. The van der Waals surface area contributed by atoms with Gasteiger partial charge in [-0.05, 0) is 25.3 Å². The fourth-order valence-corrected chi connectivity index (χ4v) is 3.19. The van der Waals surface area contributed by atoms with Crippen LogP contribution >= 0.6 is 0 Å². The first-order valence-electron chi connectivity index (χ1n) is 8.53. The number of aromatic nitrogens is 2. The molecule has 3 heterocycles. The maximum atomic E-state index is 5.90. The third-order valence-electron chi connectivity index (χ3n) is 4.39. The van der Waals surface area contributed by atoms with Gasteiger partial charge >= 0.3 is 0 Å². The highest BCUT2D eigenvalue weighted by atomic mass is 16.5. The number of nitrogens with zero attached hydrogens (tertiary/aromatic N) is 4. The molecule has 0 amide bonds. The van der Waals surface area contributed by atoms with E-state index in [2.05, 4.69) is 20.3 Å². The van der Waals surface area contributed by atoms with Crippen LogP contribution in [0.3, 0.4) is 0 Å². The molecule has 3 rings (SSSR count). The van der Waals surface area contributed by atoms with Gasteiger partial charge in [-0.25, -0.2) is 0 Å². The van der Waals surface area contributed by atoms with Gasteiger partial charge in [0.25, 0.3) is 0 Å². The second kappa shape index (κ2) is 8.31. The van der Waals surface area contributed by atoms with Gasteiger partial charge < -0.3 is 19.7 Å². The van der Waals surface area contributed by atoms with Crippen LogP contribution in [-0.4, -0.2) is 72.7 Å². The summed E-state index contributed by atoms with van der Waals surface area (Å²) in [6, 6.07) is 1.95. The Hall–Kier alpha value is -1.60. The molecule has 2 fully saturated rings. The molecule has 1 aromatic rings. The van der Waals surface area contributed by atoms with E-state index in [-0.39, 0.29) is 12.2 Å². The second-order valence-corrected chi connectivity index (χ2v) is 6.00. The molecule has 0 spiro atoms. The van der Waals surface area contributed by atoms with Crippen molar-refractivity contribution in [2.24, 2.45) is 4.99 Å². The first kappa shape index (κ1) is 16.3. The van der Waals surface area contributed by atoms with Crippen LogP contribution in [0, 0.1) is 0 Å². The minimum atomic E-state index is 0.161. The van der Waals surface area contributed by atoms with Gasteiger partial charge in [-0.2, -0.15) is 5.10 Å². The average molecular weight is 321 g/mol. The second-order valence-electron chi connectivity index (χ2n) is 6.00. The molecule has 2 aliphatic heterocycles. The minimum absolute atomic E-state index is 0.161. The Bertz CT molecular complexity index is 485. The lowest BCUT2D eigenvalue weighted by Crippen LogP contribution is -2.53. The SMILES string of the molecule is CN=C(NCCCn1cccn1)N1CCOC(C2CCCO2)C1. The van der Waals surface area contributed by atoms with Gasteiger partial charge in [-0.3, -0.25) is 9.67 Å². The van der Waals surface area contributed by atoms with Gasteiger partial charge in [0.2, 0.25) is 0 Å². The zero-order valence-electron chi connectivity index (χ0n) is 13.9. The predicted octanol–water partition coefficient (Wildman–Crippen LogP) is 0.728. The number of aryl methyl sites for hydroxylation is 1. The zero-order valence-corrected chi connectivity index (χ0v) is 13.9. The molecule has 0 saturated carbocycles. The molecule has 7 heteroatoms. The Balaban J connectivity index is 1.43. The number of ether oxygens (including phenoxy) is 2. The first-order chi connectivity index (χ1) is 11.4. The van der Waals surface area contributed by atoms with Gasteiger partial charge in [0.15, 0.2) is 5.96 Å². The van der Waals surface area contributed by atoms with E-state index < -0.39 is 0 Å². The van der Waals surface area contributed by atoms with Crippen molar-refractivity contribution in [1.29, 1.82) is 0 Å². The molecular weight excluding hydrogens is 294 g/mol. The topological polar surface area (TPSA) is 63.9 Å². The summed E-state index contributed by atoms with van der Waals surface area (Å²) in [6.07, 6.45) is 7.47. The highest BCUT2D eigenvalue weighted by Crippen LogP contribution is 2.20. The largest absolute Gasteiger partial charge is 0.375 e. The summed E-state index contributed by atoms with van der Waals surface area (Å²) >= 11 is 0. The predicted molar refractivity (Wildman–Crippen MR) is 88.5 cm³/mol. The summed E-state index contributed by atoms with van der Waals surface area (Å²) in [5.41, 5.74) is 0. The molecular formula is C16H27N5O2. The van der Waals surface area contributed by atoms with Gasteiger partial charge in [0, 0.05) is 52.2 Å². The van der Waals surface area contributed by atoms with Crippen molar-refractivity contribution in [3.8, 4) is 0 Å². The number of guanidine groups is 1. The summed E-state index contributed by atoms with van der Waals surface area (Å²) < 4.78 is 13.6. The van der Waals surface area contributed by atoms with Crippen molar-refractivity contribution in [3.05, 3.63) is 18.5 Å². The van der Waals surface area contributed by atoms with Gasteiger partial charge in [0.1, 0.15) is 6.10 Å². The molecule has 7 nitrogen and oxygen atoms in total. The highest BCUT2D eigenvalue weighted by Gasteiger charge is 2.32. The highest BCUT2D eigenvalue weighted by molar-refractivity contribution is 5.80. The third kappa shape index (κ3) is 4.45. The van der Waals surface area contributed by atoms with E-state index in [0.717, 1.165) is 64.6 Å². The molecule has 2 unspecified atom stereocenters. The summed E-state index contributed by atoms with van der Waals surface area (Å²) in [5, 5.41) is 7.67. The number of rotatable bonds is 5. The smallest absolute Gasteiger partial charge is 0.193 e. The Morgan fingerprint density at radius 1 is 1.35 bits per heavy atom. The molecule has 2 atom stereocenters. The molecule has 1 aromatic heterocycles. The molecule has 2 aliphatic rings. The third-order valence-corrected chi connectivity index (χ3v) is 4.39. The molecule has 0 aromatic carbocycles. The van der Waals surface area contributed by atoms with E-state index >= 15 is 0 Å². The number of hydrogen-bond donors (Lipinski definition) is 1. The van der Waals surface area contributed by atoms with E-state index in [1.807, 2.05) is 30.2 Å². The van der Waals surface area contributed by atoms with Crippen molar-refractivity contribution in [3.63, 3.8) is 0 Å². The van der Waals surface area contributed by atoms with Crippen LogP contribution in [-0.2, 0) is 16.0 Å². The number of aliphatic imine (C=N–C) groups is 1. The molecule has 128 valence electrons. The van der Waals surface area contributed by atoms with Crippen LogP contribution in [0.4, 0.5) is 0 Å². The maximum Gasteiger partial charge on any atom is 0.193 e. The van der Waals surface area contributed by atoms with E-state index in [1.165, 1.54) is 0 Å². The summed E-state index contributed by atoms with van der Waals surface area (Å²) in [4.78, 5) is 6.70. The molecule has 0 aliphatic carbocycles. The van der Waals surface area contributed by atoms with Crippen molar-refractivity contribution in [1.82, 2.24) is 20.0 Å². The van der Waals surface area contributed by atoms with Gasteiger partial charge in [-0.15, -0.1) is 0 Å². The van der Waals surface area contributed by atoms with Crippen molar-refractivity contribution in [2.45, 2.75) is 38.0 Å². The molecule has 0 bridgehead atoms. The lowest BCUT2D eigenvalue weighted by atomic mass is 10.1. The average Bonchev–Trinajstić information content (AvgIpc) is 3.29. The van der Waals surface area contributed by atoms with E-state index in [4.69, 9.17) is 9.47 Å². The van der Waals surface area contributed by atoms with E-state index in [9.17, 15) is 0 Å². The number of nitrogens with one attached hydrogen (secondary N) is 1. The van der Waals surface area contributed by atoms with E-state index in [1.54, 1.807) is 0 Å². The van der Waals surface area contributed by atoms with Gasteiger partial charge in [0.05, 0.1) is 12.7 Å². The monoisotopic (exact) mass is 321 g/mol. The van der Waals surface area contributed by atoms with Crippen molar-refractivity contribution < 1.29 is 9.47 Å². The Morgan fingerprint density at radius 3 is 3.00 bits per heavy atom. The van der Waals surface area contributed by atoms with Crippen LogP contribution in [0.5, 0.6) is 0 Å². The van der Waals surface area contributed by atoms with Crippen LogP contribution < -0.4 is 5.32 Å². The molecule has 0 radical (unpaired) electrons. The summed E-state index contributed by atoms with van der Waals surface area (Å²) in [7, 11) is 1.84. The van der Waals surface area contributed by atoms with Crippen LogP contribution in [0.15, 0.2) is 23.5 Å². The van der Waals surface area contributed by atoms with Crippen LogP contribution in [0.25, 0.3) is 0 Å². The lowest BCUT2D eigenvalue weighted by molar-refractivity contribution is -0.0816. The quantitative estimate of drug-likeness (QED) is 0.492. The normalized spacial score (nSPS) is 25.8. The lowest BCUT2D eigenvalue weighted by Gasteiger charge is -2.37. The fraction of sp³-hybridized carbons (Fsp3) is 0.750. The van der Waals surface area contributed by atoms with Crippen LogP contribution in [0.1, 0.15) is 19.3 Å².